The standard InChI is InChI=1S/C14H19N3O/c1-16(12-8-15-9-12)10-14(18)17-7-6-11-4-2-3-5-13(11)17/h2-5,12,15H,6-10H2,1H3. The quantitative estimate of drug-likeness (QED) is 0.841. The second-order valence-electron chi connectivity index (χ2n) is 5.15. The highest BCUT2D eigenvalue weighted by atomic mass is 16.2. The van der Waals surface area contributed by atoms with E-state index in [-0.39, 0.29) is 5.91 Å². The van der Waals surface area contributed by atoms with Crippen LogP contribution in [0.4, 0.5) is 5.69 Å². The minimum atomic E-state index is 0.217. The Hall–Kier alpha value is -1.39. The molecule has 3 rings (SSSR count). The van der Waals surface area contributed by atoms with Crippen molar-refractivity contribution in [1.29, 1.82) is 0 Å². The highest BCUT2D eigenvalue weighted by molar-refractivity contribution is 5.96. The number of hydrogen-bond acceptors (Lipinski definition) is 3. The fraction of sp³-hybridized carbons (Fsp3) is 0.500. The van der Waals surface area contributed by atoms with Crippen LogP contribution < -0.4 is 10.2 Å². The van der Waals surface area contributed by atoms with E-state index in [0.29, 0.717) is 12.6 Å². The molecule has 1 fully saturated rings. The maximum absolute atomic E-state index is 12.3. The first-order valence-electron chi connectivity index (χ1n) is 6.55. The molecule has 96 valence electrons. The molecular weight excluding hydrogens is 226 g/mol. The summed E-state index contributed by atoms with van der Waals surface area (Å²) < 4.78 is 0. The van der Waals surface area contributed by atoms with Gasteiger partial charge >= 0.3 is 0 Å². The average molecular weight is 245 g/mol. The highest BCUT2D eigenvalue weighted by Crippen LogP contribution is 2.27. The second-order valence-corrected chi connectivity index (χ2v) is 5.15. The van der Waals surface area contributed by atoms with Crippen LogP contribution in [-0.2, 0) is 11.2 Å². The number of fused-ring (bicyclic) bond motifs is 1. The fourth-order valence-electron chi connectivity index (χ4n) is 2.61. The van der Waals surface area contributed by atoms with Gasteiger partial charge < -0.3 is 10.2 Å². The molecule has 0 bridgehead atoms. The number of nitrogens with one attached hydrogen (secondary N) is 1. The monoisotopic (exact) mass is 245 g/mol. The van der Waals surface area contributed by atoms with E-state index in [0.717, 1.165) is 31.7 Å². The van der Waals surface area contributed by atoms with E-state index < -0.39 is 0 Å². The number of carbonyl (C=O) groups excluding carboxylic acids is 1. The molecule has 2 aliphatic heterocycles. The minimum absolute atomic E-state index is 0.217. The van der Waals surface area contributed by atoms with Gasteiger partial charge in [0, 0.05) is 31.4 Å². The summed E-state index contributed by atoms with van der Waals surface area (Å²) in [5.74, 6) is 0.217. The Bertz CT molecular complexity index is 456. The topological polar surface area (TPSA) is 35.6 Å². The van der Waals surface area contributed by atoms with Gasteiger partial charge in [-0.1, -0.05) is 18.2 Å². The van der Waals surface area contributed by atoms with Crippen molar-refractivity contribution in [2.45, 2.75) is 12.5 Å². The molecule has 4 nitrogen and oxygen atoms in total. The lowest BCUT2D eigenvalue weighted by molar-refractivity contribution is -0.120. The van der Waals surface area contributed by atoms with Gasteiger partial charge in [0.15, 0.2) is 0 Å². The highest BCUT2D eigenvalue weighted by Gasteiger charge is 2.28. The third-order valence-corrected chi connectivity index (χ3v) is 3.96. The Morgan fingerprint density at radius 2 is 2.22 bits per heavy atom. The molecule has 0 unspecified atom stereocenters. The molecule has 1 saturated heterocycles. The van der Waals surface area contributed by atoms with Crippen LogP contribution in [0.2, 0.25) is 0 Å². The van der Waals surface area contributed by atoms with Crippen molar-refractivity contribution in [3.05, 3.63) is 29.8 Å². The van der Waals surface area contributed by atoms with Crippen LogP contribution in [0.5, 0.6) is 0 Å². The number of likely N-dealkylation sites (N-methyl/N-ethyl adjacent to an activating group) is 1. The van der Waals surface area contributed by atoms with Crippen molar-refractivity contribution in [1.82, 2.24) is 10.2 Å². The third-order valence-electron chi connectivity index (χ3n) is 3.96. The number of nitrogens with zero attached hydrogens (tertiary/aromatic N) is 2. The van der Waals surface area contributed by atoms with Crippen molar-refractivity contribution in [3.8, 4) is 0 Å². The predicted molar refractivity (Wildman–Crippen MR) is 71.8 cm³/mol. The summed E-state index contributed by atoms with van der Waals surface area (Å²) in [4.78, 5) is 16.4. The summed E-state index contributed by atoms with van der Waals surface area (Å²) in [6, 6.07) is 8.72. The SMILES string of the molecule is CN(CC(=O)N1CCc2ccccc21)C1CNC1. The summed E-state index contributed by atoms with van der Waals surface area (Å²) in [6.45, 7) is 3.34. The average Bonchev–Trinajstić information content (AvgIpc) is 2.69. The first-order chi connectivity index (χ1) is 8.75. The number of benzene rings is 1. The predicted octanol–water partition coefficient (Wildman–Crippen LogP) is 0.479. The van der Waals surface area contributed by atoms with Crippen molar-refractivity contribution in [2.24, 2.45) is 0 Å². The van der Waals surface area contributed by atoms with Crippen molar-refractivity contribution in [2.75, 3.05) is 38.1 Å². The zero-order valence-corrected chi connectivity index (χ0v) is 10.7. The largest absolute Gasteiger partial charge is 0.314 e. The second kappa shape index (κ2) is 4.71. The van der Waals surface area contributed by atoms with Gasteiger partial charge in [-0.3, -0.25) is 9.69 Å². The van der Waals surface area contributed by atoms with E-state index in [4.69, 9.17) is 0 Å². The van der Waals surface area contributed by atoms with Gasteiger partial charge in [-0.15, -0.1) is 0 Å². The molecule has 0 saturated carbocycles. The summed E-state index contributed by atoms with van der Waals surface area (Å²) in [6.07, 6.45) is 0.983. The summed E-state index contributed by atoms with van der Waals surface area (Å²) >= 11 is 0. The lowest BCUT2D eigenvalue weighted by atomic mass is 10.1. The number of anilines is 1. The summed E-state index contributed by atoms with van der Waals surface area (Å²) in [5.41, 5.74) is 2.39. The van der Waals surface area contributed by atoms with E-state index >= 15 is 0 Å². The van der Waals surface area contributed by atoms with Gasteiger partial charge in [0.1, 0.15) is 0 Å². The zero-order valence-electron chi connectivity index (χ0n) is 10.7. The lowest BCUT2D eigenvalue weighted by Gasteiger charge is -2.35. The van der Waals surface area contributed by atoms with Crippen LogP contribution in [0.3, 0.4) is 0 Å². The number of amides is 1. The number of rotatable bonds is 3. The fourth-order valence-corrected chi connectivity index (χ4v) is 2.61. The first kappa shape index (κ1) is 11.7. The van der Waals surface area contributed by atoms with Crippen molar-refractivity contribution in [3.63, 3.8) is 0 Å². The van der Waals surface area contributed by atoms with E-state index in [1.807, 2.05) is 30.1 Å². The van der Waals surface area contributed by atoms with Crippen LogP contribution in [-0.4, -0.2) is 50.1 Å². The van der Waals surface area contributed by atoms with E-state index in [9.17, 15) is 4.79 Å². The molecule has 2 aliphatic rings. The van der Waals surface area contributed by atoms with Gasteiger partial charge in [0.25, 0.3) is 0 Å². The third kappa shape index (κ3) is 2.02. The first-order valence-corrected chi connectivity index (χ1v) is 6.55. The molecule has 1 N–H and O–H groups in total. The van der Waals surface area contributed by atoms with Crippen LogP contribution in [0.15, 0.2) is 24.3 Å². The Morgan fingerprint density at radius 3 is 2.94 bits per heavy atom. The maximum atomic E-state index is 12.3. The van der Waals surface area contributed by atoms with Gasteiger partial charge in [-0.2, -0.15) is 0 Å². The van der Waals surface area contributed by atoms with Crippen molar-refractivity contribution < 1.29 is 4.79 Å². The van der Waals surface area contributed by atoms with Gasteiger partial charge in [0.2, 0.25) is 5.91 Å². The van der Waals surface area contributed by atoms with Crippen LogP contribution >= 0.6 is 0 Å². The summed E-state index contributed by atoms with van der Waals surface area (Å²) in [5, 5.41) is 3.23. The lowest BCUT2D eigenvalue weighted by Crippen LogP contribution is -2.57. The van der Waals surface area contributed by atoms with Gasteiger partial charge in [0.05, 0.1) is 6.54 Å². The van der Waals surface area contributed by atoms with Gasteiger partial charge in [-0.25, -0.2) is 0 Å². The number of carbonyl (C=O) groups is 1. The Morgan fingerprint density at radius 1 is 1.44 bits per heavy atom. The Balaban J connectivity index is 1.67. The molecule has 0 spiro atoms. The molecule has 1 aromatic rings. The Kier molecular flexibility index (Phi) is 3.06. The minimum Gasteiger partial charge on any atom is -0.314 e. The molecule has 1 amide bonds. The molecule has 0 aromatic heterocycles. The van der Waals surface area contributed by atoms with Gasteiger partial charge in [-0.05, 0) is 25.1 Å². The van der Waals surface area contributed by atoms with Crippen LogP contribution in [0.25, 0.3) is 0 Å². The molecule has 2 heterocycles. The molecule has 0 atom stereocenters. The van der Waals surface area contributed by atoms with Crippen molar-refractivity contribution >= 4 is 11.6 Å². The molecule has 0 aliphatic carbocycles. The van der Waals surface area contributed by atoms with E-state index in [1.54, 1.807) is 0 Å². The molecular formula is C14H19N3O. The van der Waals surface area contributed by atoms with Crippen LogP contribution in [0, 0.1) is 0 Å². The van der Waals surface area contributed by atoms with Crippen LogP contribution in [0.1, 0.15) is 5.56 Å². The smallest absolute Gasteiger partial charge is 0.241 e. The molecule has 18 heavy (non-hydrogen) atoms. The molecule has 1 aromatic carbocycles. The molecule has 0 radical (unpaired) electrons. The number of hydrogen-bond donors (Lipinski definition) is 1. The molecule has 4 heteroatoms. The number of para-hydroxylation sites is 1. The normalized spacial score (nSPS) is 18.9. The maximum Gasteiger partial charge on any atom is 0.241 e. The zero-order chi connectivity index (χ0) is 12.5. The Labute approximate surface area is 108 Å². The summed E-state index contributed by atoms with van der Waals surface area (Å²) in [7, 11) is 2.03. The van der Waals surface area contributed by atoms with E-state index in [1.165, 1.54) is 5.56 Å². The van der Waals surface area contributed by atoms with E-state index in [2.05, 4.69) is 16.3 Å².